The van der Waals surface area contributed by atoms with Gasteiger partial charge in [-0.05, 0) is 54.6 Å². The standard InChI is InChI=1S/C26H19N3O2/c1-28-20-9-3-5-11-22(20)29(23-12-6-4-10-21(23)28)17-14-15-24(30)18(16-17)26-27-19-8-2-7-13-25(19)31-26/h2-16,30H,1H3. The average Bonchev–Trinajstić information content (AvgIpc) is 3.24. The number of fused-ring (bicyclic) bond motifs is 3. The highest BCUT2D eigenvalue weighted by Crippen LogP contribution is 2.51. The van der Waals surface area contributed by atoms with E-state index in [0.29, 0.717) is 17.0 Å². The van der Waals surface area contributed by atoms with E-state index in [1.807, 2.05) is 60.7 Å². The van der Waals surface area contributed by atoms with Crippen LogP contribution in [-0.4, -0.2) is 17.1 Å². The predicted octanol–water partition coefficient (Wildman–Crippen LogP) is 6.75. The maximum Gasteiger partial charge on any atom is 0.231 e. The summed E-state index contributed by atoms with van der Waals surface area (Å²) in [5.41, 5.74) is 7.28. The summed E-state index contributed by atoms with van der Waals surface area (Å²) in [5, 5.41) is 10.6. The van der Waals surface area contributed by atoms with Gasteiger partial charge in [-0.3, -0.25) is 0 Å². The van der Waals surface area contributed by atoms with Crippen molar-refractivity contribution in [2.45, 2.75) is 0 Å². The van der Waals surface area contributed by atoms with Crippen LogP contribution in [0.3, 0.4) is 0 Å². The first-order chi connectivity index (χ1) is 15.2. The monoisotopic (exact) mass is 405 g/mol. The molecule has 0 atom stereocenters. The third-order valence-corrected chi connectivity index (χ3v) is 5.73. The lowest BCUT2D eigenvalue weighted by molar-refractivity contribution is 0.474. The SMILES string of the molecule is CN1c2ccccc2N(c2ccc(O)c(-c3nc4ccccc4o3)c2)c2ccccc21. The topological polar surface area (TPSA) is 52.7 Å². The van der Waals surface area contributed by atoms with Crippen molar-refractivity contribution in [3.8, 4) is 17.2 Å². The molecule has 0 radical (unpaired) electrons. The molecule has 0 amide bonds. The van der Waals surface area contributed by atoms with Gasteiger partial charge in [0, 0.05) is 12.7 Å². The lowest BCUT2D eigenvalue weighted by Crippen LogP contribution is -2.23. The van der Waals surface area contributed by atoms with Gasteiger partial charge in [0.2, 0.25) is 5.89 Å². The Kier molecular flexibility index (Phi) is 3.77. The molecular formula is C26H19N3O2. The predicted molar refractivity (Wildman–Crippen MR) is 124 cm³/mol. The van der Waals surface area contributed by atoms with E-state index in [1.54, 1.807) is 6.07 Å². The minimum atomic E-state index is 0.131. The molecule has 5 nitrogen and oxygen atoms in total. The van der Waals surface area contributed by atoms with Crippen LogP contribution in [0.5, 0.6) is 5.75 Å². The Labute approximate surface area is 179 Å². The first-order valence-corrected chi connectivity index (χ1v) is 10.1. The number of para-hydroxylation sites is 6. The fourth-order valence-corrected chi connectivity index (χ4v) is 4.23. The quantitative estimate of drug-likeness (QED) is 0.352. The summed E-state index contributed by atoms with van der Waals surface area (Å²) >= 11 is 0. The smallest absolute Gasteiger partial charge is 0.231 e. The van der Waals surface area contributed by atoms with Crippen molar-refractivity contribution in [2.75, 3.05) is 16.8 Å². The average molecular weight is 405 g/mol. The van der Waals surface area contributed by atoms with Crippen molar-refractivity contribution >= 4 is 39.5 Å². The molecule has 1 N–H and O–H groups in total. The Hall–Kier alpha value is -4.25. The van der Waals surface area contributed by atoms with Gasteiger partial charge in [-0.15, -0.1) is 0 Å². The molecular weight excluding hydrogens is 386 g/mol. The van der Waals surface area contributed by atoms with Crippen LogP contribution < -0.4 is 9.80 Å². The van der Waals surface area contributed by atoms with Crippen LogP contribution in [0.15, 0.2) is 95.4 Å². The van der Waals surface area contributed by atoms with Crippen LogP contribution in [0, 0.1) is 0 Å². The molecule has 150 valence electrons. The van der Waals surface area contributed by atoms with Crippen molar-refractivity contribution < 1.29 is 9.52 Å². The fourth-order valence-electron chi connectivity index (χ4n) is 4.23. The van der Waals surface area contributed by atoms with Crippen LogP contribution in [0.25, 0.3) is 22.6 Å². The van der Waals surface area contributed by atoms with E-state index in [9.17, 15) is 5.11 Å². The highest BCUT2D eigenvalue weighted by atomic mass is 16.3. The van der Waals surface area contributed by atoms with Gasteiger partial charge in [-0.25, -0.2) is 4.98 Å². The number of anilines is 5. The molecule has 31 heavy (non-hydrogen) atoms. The molecule has 1 aliphatic heterocycles. The third kappa shape index (κ3) is 2.67. The molecule has 1 aliphatic rings. The second kappa shape index (κ2) is 6.64. The lowest BCUT2D eigenvalue weighted by atomic mass is 10.1. The Morgan fingerprint density at radius 2 is 1.35 bits per heavy atom. The second-order valence-corrected chi connectivity index (χ2v) is 7.56. The van der Waals surface area contributed by atoms with Crippen LogP contribution in [0.4, 0.5) is 28.4 Å². The summed E-state index contributed by atoms with van der Waals surface area (Å²) < 4.78 is 5.94. The van der Waals surface area contributed by atoms with Crippen molar-refractivity contribution in [3.05, 3.63) is 91.0 Å². The zero-order valence-electron chi connectivity index (χ0n) is 16.9. The summed E-state index contributed by atoms with van der Waals surface area (Å²) in [6.07, 6.45) is 0. The molecule has 1 aromatic heterocycles. The van der Waals surface area contributed by atoms with Crippen molar-refractivity contribution in [1.82, 2.24) is 4.98 Å². The van der Waals surface area contributed by atoms with E-state index in [0.717, 1.165) is 34.0 Å². The lowest BCUT2D eigenvalue weighted by Gasteiger charge is -2.38. The molecule has 0 saturated heterocycles. The normalized spacial score (nSPS) is 12.7. The molecule has 0 aliphatic carbocycles. The Balaban J connectivity index is 1.56. The number of oxazole rings is 1. The van der Waals surface area contributed by atoms with Gasteiger partial charge in [0.1, 0.15) is 11.3 Å². The van der Waals surface area contributed by atoms with E-state index in [4.69, 9.17) is 4.42 Å². The Morgan fingerprint density at radius 3 is 2.03 bits per heavy atom. The zero-order valence-corrected chi connectivity index (χ0v) is 16.9. The zero-order chi connectivity index (χ0) is 20.9. The van der Waals surface area contributed by atoms with E-state index in [2.05, 4.69) is 46.1 Å². The third-order valence-electron chi connectivity index (χ3n) is 5.73. The van der Waals surface area contributed by atoms with Gasteiger partial charge in [0.05, 0.1) is 28.3 Å². The van der Waals surface area contributed by atoms with Gasteiger partial charge in [-0.1, -0.05) is 36.4 Å². The van der Waals surface area contributed by atoms with Crippen molar-refractivity contribution in [3.63, 3.8) is 0 Å². The van der Waals surface area contributed by atoms with Crippen LogP contribution in [0.1, 0.15) is 0 Å². The summed E-state index contributed by atoms with van der Waals surface area (Å²) in [7, 11) is 2.08. The summed E-state index contributed by atoms with van der Waals surface area (Å²) in [6, 6.07) is 29.7. The molecule has 0 unspecified atom stereocenters. The van der Waals surface area contributed by atoms with Gasteiger partial charge < -0.3 is 19.3 Å². The van der Waals surface area contributed by atoms with Gasteiger partial charge in [0.25, 0.3) is 0 Å². The van der Waals surface area contributed by atoms with E-state index < -0.39 is 0 Å². The maximum absolute atomic E-state index is 10.6. The van der Waals surface area contributed by atoms with Crippen molar-refractivity contribution in [1.29, 1.82) is 0 Å². The van der Waals surface area contributed by atoms with E-state index in [1.165, 1.54) is 0 Å². The number of hydrogen-bond donors (Lipinski definition) is 1. The van der Waals surface area contributed by atoms with Crippen molar-refractivity contribution in [2.24, 2.45) is 0 Å². The first-order valence-electron chi connectivity index (χ1n) is 10.1. The number of phenols is 1. The number of rotatable bonds is 2. The van der Waals surface area contributed by atoms with E-state index in [-0.39, 0.29) is 5.75 Å². The highest BCUT2D eigenvalue weighted by Gasteiger charge is 2.27. The first kappa shape index (κ1) is 17.6. The van der Waals surface area contributed by atoms with Crippen LogP contribution in [0.2, 0.25) is 0 Å². The molecule has 0 saturated carbocycles. The summed E-state index contributed by atoms with van der Waals surface area (Å²) in [4.78, 5) is 8.98. The molecule has 4 aromatic carbocycles. The molecule has 0 bridgehead atoms. The summed E-state index contributed by atoms with van der Waals surface area (Å²) in [6.45, 7) is 0. The largest absolute Gasteiger partial charge is 0.507 e. The van der Waals surface area contributed by atoms with Gasteiger partial charge in [0.15, 0.2) is 5.58 Å². The molecule has 0 fully saturated rings. The number of hydrogen-bond acceptors (Lipinski definition) is 5. The number of phenolic OH excluding ortho intramolecular Hbond substituents is 1. The van der Waals surface area contributed by atoms with Crippen LogP contribution >= 0.6 is 0 Å². The molecule has 6 rings (SSSR count). The Bertz CT molecular complexity index is 1360. The second-order valence-electron chi connectivity index (χ2n) is 7.56. The number of aromatic nitrogens is 1. The van der Waals surface area contributed by atoms with Crippen LogP contribution in [-0.2, 0) is 0 Å². The molecule has 0 spiro atoms. The fraction of sp³-hybridized carbons (Fsp3) is 0.0385. The Morgan fingerprint density at radius 1 is 0.742 bits per heavy atom. The molecule has 5 aromatic rings. The number of aromatic hydroxyl groups is 1. The molecule has 5 heteroatoms. The van der Waals surface area contributed by atoms with Gasteiger partial charge in [-0.2, -0.15) is 0 Å². The highest BCUT2D eigenvalue weighted by molar-refractivity contribution is 5.98. The minimum Gasteiger partial charge on any atom is -0.507 e. The maximum atomic E-state index is 10.6. The van der Waals surface area contributed by atoms with E-state index >= 15 is 0 Å². The minimum absolute atomic E-state index is 0.131. The summed E-state index contributed by atoms with van der Waals surface area (Å²) in [5.74, 6) is 0.530. The number of benzene rings is 4. The number of nitrogens with zero attached hydrogens (tertiary/aromatic N) is 3. The van der Waals surface area contributed by atoms with Gasteiger partial charge >= 0.3 is 0 Å². The molecule has 2 heterocycles.